The van der Waals surface area contributed by atoms with Crippen LogP contribution >= 0.6 is 0 Å². The Kier molecular flexibility index (Phi) is 6.24. The lowest BCUT2D eigenvalue weighted by Crippen LogP contribution is -2.04. The summed E-state index contributed by atoms with van der Waals surface area (Å²) in [7, 11) is 1.34. The molecule has 0 aliphatic carbocycles. The number of nitrogens with one attached hydrogen (secondary N) is 1. The van der Waals surface area contributed by atoms with Gasteiger partial charge in [-0.3, -0.25) is 9.59 Å². The van der Waals surface area contributed by atoms with E-state index in [-0.39, 0.29) is 24.1 Å². The lowest BCUT2D eigenvalue weighted by Gasteiger charge is -2.09. The van der Waals surface area contributed by atoms with Gasteiger partial charge in [0.05, 0.1) is 42.1 Å². The number of carbonyl (C=O) groups is 2. The van der Waals surface area contributed by atoms with Gasteiger partial charge in [0.25, 0.3) is 0 Å². The van der Waals surface area contributed by atoms with Gasteiger partial charge in [0.2, 0.25) is 0 Å². The molecule has 0 amide bonds. The number of aliphatic imine (C=N–C) groups is 1. The van der Waals surface area contributed by atoms with Gasteiger partial charge in [-0.25, -0.2) is 4.99 Å². The summed E-state index contributed by atoms with van der Waals surface area (Å²) in [6, 6.07) is 21.3. The molecule has 0 fully saturated rings. The number of benzene rings is 3. The molecule has 0 unspecified atom stereocenters. The second-order valence-corrected chi connectivity index (χ2v) is 7.73. The van der Waals surface area contributed by atoms with Gasteiger partial charge in [0.1, 0.15) is 0 Å². The number of methoxy groups -OCH3 is 1. The lowest BCUT2D eigenvalue weighted by molar-refractivity contribution is -0.139. The fourth-order valence-corrected chi connectivity index (χ4v) is 3.66. The molecule has 0 atom stereocenters. The van der Waals surface area contributed by atoms with E-state index in [0.29, 0.717) is 44.6 Å². The van der Waals surface area contributed by atoms with Crippen molar-refractivity contribution in [1.82, 2.24) is 4.98 Å². The number of hydrogen-bond acceptors (Lipinski definition) is 6. The van der Waals surface area contributed by atoms with Crippen LogP contribution in [-0.4, -0.2) is 34.7 Å². The first-order chi connectivity index (χ1) is 16.4. The number of nitriles is 1. The Morgan fingerprint density at radius 1 is 1.03 bits per heavy atom. The number of Topliss-reactive ketones (excluding diaryl/α,β-unsaturated/α-hetero) is 1. The Labute approximate surface area is 196 Å². The second kappa shape index (κ2) is 9.43. The van der Waals surface area contributed by atoms with Crippen LogP contribution in [0.5, 0.6) is 5.88 Å². The average Bonchev–Trinajstić information content (AvgIpc) is 3.18. The van der Waals surface area contributed by atoms with Crippen LogP contribution in [-0.2, 0) is 16.0 Å². The Bertz CT molecular complexity index is 1460. The third-order valence-corrected chi connectivity index (χ3v) is 5.46. The van der Waals surface area contributed by atoms with E-state index in [4.69, 9.17) is 9.73 Å². The van der Waals surface area contributed by atoms with Gasteiger partial charge in [0, 0.05) is 22.0 Å². The topological polar surface area (TPSA) is 116 Å². The predicted octanol–water partition coefficient (Wildman–Crippen LogP) is 4.83. The molecule has 0 aliphatic heterocycles. The molecular weight excluding hydrogens is 430 g/mol. The number of ketones is 1. The van der Waals surface area contributed by atoms with Gasteiger partial charge in [-0.2, -0.15) is 5.26 Å². The summed E-state index contributed by atoms with van der Waals surface area (Å²) in [5, 5.41) is 20.6. The normalized spacial score (nSPS) is 11.3. The Morgan fingerprint density at radius 2 is 1.71 bits per heavy atom. The number of nitrogens with zero attached hydrogens (tertiary/aromatic N) is 2. The third kappa shape index (κ3) is 4.57. The maximum Gasteiger partial charge on any atom is 0.309 e. The molecular formula is C27H21N3O4. The summed E-state index contributed by atoms with van der Waals surface area (Å²) < 4.78 is 4.71. The zero-order valence-corrected chi connectivity index (χ0v) is 18.6. The molecule has 1 heterocycles. The number of fused-ring (bicyclic) bond motifs is 1. The van der Waals surface area contributed by atoms with Crippen molar-refractivity contribution in [3.63, 3.8) is 0 Å². The van der Waals surface area contributed by atoms with Crippen LogP contribution in [0.3, 0.4) is 0 Å². The summed E-state index contributed by atoms with van der Waals surface area (Å²) in [5.74, 6) is -0.507. The molecule has 168 valence electrons. The third-order valence-electron chi connectivity index (χ3n) is 5.46. The second-order valence-electron chi connectivity index (χ2n) is 7.73. The van der Waals surface area contributed by atoms with Crippen molar-refractivity contribution < 1.29 is 19.4 Å². The SMILES string of the molecule is COC(=O)Cc1ccc(N=C(c2ccc(C#N)cc2)c2c(O)[nH]c3ccc(C(C)=O)cc23)cc1. The number of ether oxygens (including phenoxy) is 1. The van der Waals surface area contributed by atoms with Crippen molar-refractivity contribution >= 4 is 34.1 Å². The molecule has 7 heteroatoms. The molecule has 7 nitrogen and oxygen atoms in total. The highest BCUT2D eigenvalue weighted by Gasteiger charge is 2.20. The fourth-order valence-electron chi connectivity index (χ4n) is 3.66. The van der Waals surface area contributed by atoms with Crippen molar-refractivity contribution in [3.05, 3.63) is 94.5 Å². The minimum Gasteiger partial charge on any atom is -0.494 e. The molecule has 0 spiro atoms. The van der Waals surface area contributed by atoms with Crippen molar-refractivity contribution in [2.24, 2.45) is 4.99 Å². The van der Waals surface area contributed by atoms with Crippen molar-refractivity contribution in [3.8, 4) is 11.9 Å². The number of H-pyrrole nitrogens is 1. The van der Waals surface area contributed by atoms with Crippen LogP contribution in [0, 0.1) is 11.3 Å². The molecule has 0 bridgehead atoms. The van der Waals surface area contributed by atoms with E-state index in [1.165, 1.54) is 14.0 Å². The monoisotopic (exact) mass is 451 g/mol. The van der Waals surface area contributed by atoms with Crippen LogP contribution in [0.1, 0.15) is 39.5 Å². The van der Waals surface area contributed by atoms with E-state index in [1.807, 2.05) is 0 Å². The fraction of sp³-hybridized carbons (Fsp3) is 0.111. The van der Waals surface area contributed by atoms with E-state index >= 15 is 0 Å². The van der Waals surface area contributed by atoms with Crippen LogP contribution in [0.4, 0.5) is 5.69 Å². The molecule has 0 aliphatic rings. The maximum atomic E-state index is 12.0. The summed E-state index contributed by atoms with van der Waals surface area (Å²) >= 11 is 0. The molecule has 34 heavy (non-hydrogen) atoms. The van der Waals surface area contributed by atoms with Gasteiger partial charge in [0.15, 0.2) is 11.7 Å². The smallest absolute Gasteiger partial charge is 0.309 e. The molecule has 2 N–H and O–H groups in total. The maximum absolute atomic E-state index is 12.0. The summed E-state index contributed by atoms with van der Waals surface area (Å²) in [6.07, 6.45) is 0.153. The largest absolute Gasteiger partial charge is 0.494 e. The molecule has 0 saturated carbocycles. The summed E-state index contributed by atoms with van der Waals surface area (Å²) in [4.78, 5) is 31.3. The van der Waals surface area contributed by atoms with Gasteiger partial charge < -0.3 is 14.8 Å². The number of aromatic amines is 1. The Morgan fingerprint density at radius 3 is 2.32 bits per heavy atom. The Balaban J connectivity index is 1.88. The number of carbonyl (C=O) groups excluding carboxylic acids is 2. The van der Waals surface area contributed by atoms with Crippen molar-refractivity contribution in [1.29, 1.82) is 5.26 Å². The van der Waals surface area contributed by atoms with E-state index in [9.17, 15) is 20.0 Å². The Hall–Kier alpha value is -4.70. The molecule has 3 aromatic carbocycles. The van der Waals surface area contributed by atoms with Gasteiger partial charge in [-0.05, 0) is 55.0 Å². The van der Waals surface area contributed by atoms with E-state index in [1.54, 1.807) is 66.7 Å². The molecule has 0 saturated heterocycles. The zero-order valence-electron chi connectivity index (χ0n) is 18.6. The van der Waals surface area contributed by atoms with Crippen molar-refractivity contribution in [2.45, 2.75) is 13.3 Å². The van der Waals surface area contributed by atoms with E-state index in [0.717, 1.165) is 5.56 Å². The van der Waals surface area contributed by atoms with Crippen LogP contribution in [0.2, 0.25) is 0 Å². The molecule has 4 rings (SSSR count). The molecule has 0 radical (unpaired) electrons. The molecule has 4 aromatic rings. The van der Waals surface area contributed by atoms with Crippen LogP contribution in [0.15, 0.2) is 71.7 Å². The number of aromatic hydroxyl groups is 1. The standard InChI is InChI=1S/C27H21N3O4/c1-16(31)20-9-12-23-22(14-20)25(27(33)30-23)26(19-7-3-18(15-28)4-8-19)29-21-10-5-17(6-11-21)13-24(32)34-2/h3-12,14,30,33H,13H2,1-2H3. The first-order valence-electron chi connectivity index (χ1n) is 10.5. The highest BCUT2D eigenvalue weighted by atomic mass is 16.5. The number of esters is 1. The van der Waals surface area contributed by atoms with Gasteiger partial charge >= 0.3 is 5.97 Å². The zero-order chi connectivity index (χ0) is 24.2. The minimum absolute atomic E-state index is 0.0823. The predicted molar refractivity (Wildman–Crippen MR) is 129 cm³/mol. The van der Waals surface area contributed by atoms with Crippen LogP contribution < -0.4 is 0 Å². The number of rotatable bonds is 6. The first-order valence-corrected chi connectivity index (χ1v) is 10.5. The first kappa shape index (κ1) is 22.5. The van der Waals surface area contributed by atoms with Gasteiger partial charge in [-0.15, -0.1) is 0 Å². The number of hydrogen-bond donors (Lipinski definition) is 2. The lowest BCUT2D eigenvalue weighted by atomic mass is 9.98. The van der Waals surface area contributed by atoms with Crippen molar-refractivity contribution in [2.75, 3.05) is 7.11 Å². The average molecular weight is 451 g/mol. The summed E-state index contributed by atoms with van der Waals surface area (Å²) in [6.45, 7) is 1.48. The quantitative estimate of drug-likeness (QED) is 0.247. The van der Waals surface area contributed by atoms with Gasteiger partial charge in [-0.1, -0.05) is 24.3 Å². The van der Waals surface area contributed by atoms with E-state index < -0.39 is 0 Å². The minimum atomic E-state index is -0.334. The molecule has 1 aromatic heterocycles. The highest BCUT2D eigenvalue weighted by Crippen LogP contribution is 2.32. The van der Waals surface area contributed by atoms with Crippen LogP contribution in [0.25, 0.3) is 10.9 Å². The highest BCUT2D eigenvalue weighted by molar-refractivity contribution is 6.22. The number of aromatic nitrogens is 1. The van der Waals surface area contributed by atoms with E-state index in [2.05, 4.69) is 11.1 Å². The summed E-state index contributed by atoms with van der Waals surface area (Å²) in [5.41, 5.74) is 4.65.